The number of carboxylic acid groups (broad SMARTS) is 1. The molecular formula is C15H13Cl2NO4S. The van der Waals surface area contributed by atoms with Crippen LogP contribution in [0, 0.1) is 0 Å². The number of benzene rings is 2. The quantitative estimate of drug-likeness (QED) is 0.814. The maximum absolute atomic E-state index is 12.4. The Hall–Kier alpha value is -1.60. The number of carbonyl (C=O) groups is 1. The van der Waals surface area contributed by atoms with Gasteiger partial charge in [0.05, 0.1) is 10.0 Å². The Bertz CT molecular complexity index is 789. The van der Waals surface area contributed by atoms with Crippen LogP contribution in [0.2, 0.25) is 10.0 Å². The summed E-state index contributed by atoms with van der Waals surface area (Å²) in [7, 11) is -4.18. The topological polar surface area (TPSA) is 83.5 Å². The van der Waals surface area contributed by atoms with Gasteiger partial charge in [-0.15, -0.1) is 0 Å². The number of aliphatic carboxylic acids is 1. The normalized spacial score (nSPS) is 12.8. The molecule has 122 valence electrons. The van der Waals surface area contributed by atoms with Gasteiger partial charge >= 0.3 is 5.97 Å². The van der Waals surface area contributed by atoms with E-state index in [9.17, 15) is 18.3 Å². The Morgan fingerprint density at radius 3 is 2.13 bits per heavy atom. The van der Waals surface area contributed by atoms with Crippen LogP contribution >= 0.6 is 23.2 Å². The molecule has 0 aromatic heterocycles. The lowest BCUT2D eigenvalue weighted by atomic mass is 10.1. The molecule has 0 aliphatic carbocycles. The van der Waals surface area contributed by atoms with E-state index in [4.69, 9.17) is 23.2 Å². The molecule has 8 heteroatoms. The fourth-order valence-corrected chi connectivity index (χ4v) is 4.35. The summed E-state index contributed by atoms with van der Waals surface area (Å²) in [6, 6.07) is 11.6. The van der Waals surface area contributed by atoms with Crippen molar-refractivity contribution in [3.8, 4) is 0 Å². The molecule has 2 N–H and O–H groups in total. The van der Waals surface area contributed by atoms with Crippen molar-refractivity contribution >= 4 is 39.2 Å². The lowest BCUT2D eigenvalue weighted by Crippen LogP contribution is -2.42. The zero-order valence-corrected chi connectivity index (χ0v) is 14.1. The van der Waals surface area contributed by atoms with Gasteiger partial charge in [-0.05, 0) is 24.1 Å². The van der Waals surface area contributed by atoms with Crippen LogP contribution in [0.1, 0.15) is 5.56 Å². The Kier molecular flexibility index (Phi) is 5.64. The van der Waals surface area contributed by atoms with E-state index in [0.717, 1.165) is 0 Å². The molecule has 23 heavy (non-hydrogen) atoms. The summed E-state index contributed by atoms with van der Waals surface area (Å²) >= 11 is 11.8. The number of rotatable bonds is 6. The number of hydrogen-bond donors (Lipinski definition) is 2. The van der Waals surface area contributed by atoms with E-state index in [1.165, 1.54) is 18.2 Å². The molecule has 0 amide bonds. The molecule has 0 aliphatic rings. The maximum atomic E-state index is 12.4. The van der Waals surface area contributed by atoms with Crippen LogP contribution in [0.15, 0.2) is 53.4 Å². The first-order valence-electron chi connectivity index (χ1n) is 6.54. The first-order chi connectivity index (χ1) is 10.8. The van der Waals surface area contributed by atoms with E-state index in [1.54, 1.807) is 30.3 Å². The Labute approximate surface area is 143 Å². The van der Waals surface area contributed by atoms with Gasteiger partial charge in [0.2, 0.25) is 10.0 Å². The summed E-state index contributed by atoms with van der Waals surface area (Å²) in [6.07, 6.45) is -0.00250. The molecule has 0 radical (unpaired) electrons. The molecule has 0 saturated heterocycles. The minimum absolute atomic E-state index is 0.00250. The van der Waals surface area contributed by atoms with Gasteiger partial charge in [0.1, 0.15) is 10.9 Å². The van der Waals surface area contributed by atoms with Gasteiger partial charge in [-0.1, -0.05) is 59.6 Å². The highest BCUT2D eigenvalue weighted by Crippen LogP contribution is 2.29. The van der Waals surface area contributed by atoms with Crippen LogP contribution in [0.25, 0.3) is 0 Å². The zero-order chi connectivity index (χ0) is 17.0. The minimum atomic E-state index is -4.18. The standard InChI is InChI=1S/C15H13Cl2NO4S/c16-11-7-4-8-12(17)14(11)23(21,22)18-13(15(19)20)9-10-5-2-1-3-6-10/h1-8,13,18H,9H2,(H,19,20). The van der Waals surface area contributed by atoms with Crippen LogP contribution in [0.4, 0.5) is 0 Å². The van der Waals surface area contributed by atoms with Gasteiger partial charge in [-0.25, -0.2) is 8.42 Å². The lowest BCUT2D eigenvalue weighted by Gasteiger charge is -2.16. The Morgan fingerprint density at radius 2 is 1.61 bits per heavy atom. The van der Waals surface area contributed by atoms with Crippen LogP contribution in [0.5, 0.6) is 0 Å². The SMILES string of the molecule is O=C(O)C(Cc1ccccc1)NS(=O)(=O)c1c(Cl)cccc1Cl. The van der Waals surface area contributed by atoms with Crippen molar-refractivity contribution < 1.29 is 18.3 Å². The molecule has 0 heterocycles. The molecule has 5 nitrogen and oxygen atoms in total. The first kappa shape index (κ1) is 17.7. The van der Waals surface area contributed by atoms with Gasteiger partial charge < -0.3 is 5.11 Å². The van der Waals surface area contributed by atoms with Gasteiger partial charge in [0, 0.05) is 0 Å². The monoisotopic (exact) mass is 373 g/mol. The van der Waals surface area contributed by atoms with E-state index in [0.29, 0.717) is 5.56 Å². The third-order valence-corrected chi connectivity index (χ3v) is 5.49. The summed E-state index contributed by atoms with van der Waals surface area (Å²) < 4.78 is 27.0. The fraction of sp³-hybridized carbons (Fsp3) is 0.133. The van der Waals surface area contributed by atoms with Crippen LogP contribution < -0.4 is 4.72 Å². The largest absolute Gasteiger partial charge is 0.480 e. The van der Waals surface area contributed by atoms with Crippen molar-refractivity contribution in [3.05, 3.63) is 64.1 Å². The number of hydrogen-bond acceptors (Lipinski definition) is 3. The second-order valence-electron chi connectivity index (χ2n) is 4.75. The molecule has 0 fully saturated rings. The second-order valence-corrected chi connectivity index (χ2v) is 7.22. The van der Waals surface area contributed by atoms with Gasteiger partial charge in [-0.2, -0.15) is 4.72 Å². The summed E-state index contributed by atoms with van der Waals surface area (Å²) in [6.45, 7) is 0. The molecule has 2 aromatic carbocycles. The zero-order valence-electron chi connectivity index (χ0n) is 11.7. The average Bonchev–Trinajstić information content (AvgIpc) is 2.46. The van der Waals surface area contributed by atoms with Gasteiger partial charge in [0.25, 0.3) is 0 Å². The highest BCUT2D eigenvalue weighted by Gasteiger charge is 2.28. The summed E-state index contributed by atoms with van der Waals surface area (Å²) in [4.78, 5) is 11.1. The van der Waals surface area contributed by atoms with Crippen LogP contribution in [0.3, 0.4) is 0 Å². The molecule has 1 unspecified atom stereocenters. The summed E-state index contributed by atoms with van der Waals surface area (Å²) in [5.74, 6) is -1.29. The van der Waals surface area contributed by atoms with Crippen molar-refractivity contribution in [2.24, 2.45) is 0 Å². The highest BCUT2D eigenvalue weighted by molar-refractivity contribution is 7.89. The fourth-order valence-electron chi connectivity index (χ4n) is 2.01. The smallest absolute Gasteiger partial charge is 0.322 e. The number of nitrogens with one attached hydrogen (secondary N) is 1. The van der Waals surface area contributed by atoms with Crippen molar-refractivity contribution in [3.63, 3.8) is 0 Å². The molecule has 0 saturated carbocycles. The van der Waals surface area contributed by atoms with Crippen molar-refractivity contribution in [2.75, 3.05) is 0 Å². The third-order valence-electron chi connectivity index (χ3n) is 3.07. The third kappa shape index (κ3) is 4.45. The second kappa shape index (κ2) is 7.31. The molecule has 2 rings (SSSR count). The Morgan fingerprint density at radius 1 is 1.04 bits per heavy atom. The summed E-state index contributed by atoms with van der Waals surface area (Å²) in [5, 5.41) is 9.14. The van der Waals surface area contributed by atoms with Crippen LogP contribution in [-0.4, -0.2) is 25.5 Å². The molecular weight excluding hydrogens is 361 g/mol. The molecule has 0 spiro atoms. The van der Waals surface area contributed by atoms with E-state index in [-0.39, 0.29) is 21.4 Å². The van der Waals surface area contributed by atoms with E-state index in [2.05, 4.69) is 4.72 Å². The molecule has 1 atom stereocenters. The minimum Gasteiger partial charge on any atom is -0.480 e. The van der Waals surface area contributed by atoms with Gasteiger partial charge in [0.15, 0.2) is 0 Å². The van der Waals surface area contributed by atoms with Crippen molar-refractivity contribution in [1.29, 1.82) is 0 Å². The van der Waals surface area contributed by atoms with Crippen LogP contribution in [-0.2, 0) is 21.2 Å². The molecule has 0 aliphatic heterocycles. The van der Waals surface area contributed by atoms with Crippen molar-refractivity contribution in [1.82, 2.24) is 4.72 Å². The van der Waals surface area contributed by atoms with E-state index in [1.807, 2.05) is 0 Å². The number of sulfonamides is 1. The van der Waals surface area contributed by atoms with E-state index < -0.39 is 22.0 Å². The van der Waals surface area contributed by atoms with Crippen molar-refractivity contribution in [2.45, 2.75) is 17.4 Å². The number of carboxylic acids is 1. The lowest BCUT2D eigenvalue weighted by molar-refractivity contribution is -0.138. The Balaban J connectivity index is 2.31. The number of halogens is 2. The first-order valence-corrected chi connectivity index (χ1v) is 8.78. The highest BCUT2D eigenvalue weighted by atomic mass is 35.5. The predicted octanol–water partition coefficient (Wildman–Crippen LogP) is 2.97. The molecule has 2 aromatic rings. The molecule has 0 bridgehead atoms. The average molecular weight is 374 g/mol. The summed E-state index contributed by atoms with van der Waals surface area (Å²) in [5.41, 5.74) is 0.688. The maximum Gasteiger partial charge on any atom is 0.322 e. The predicted molar refractivity (Wildman–Crippen MR) is 88.4 cm³/mol. The van der Waals surface area contributed by atoms with E-state index >= 15 is 0 Å². The van der Waals surface area contributed by atoms with Gasteiger partial charge in [-0.3, -0.25) is 4.79 Å².